The van der Waals surface area contributed by atoms with Crippen LogP contribution in [0, 0.1) is 6.92 Å². The molecule has 0 spiro atoms. The van der Waals surface area contributed by atoms with Crippen LogP contribution in [0.4, 0.5) is 5.69 Å². The summed E-state index contributed by atoms with van der Waals surface area (Å²) < 4.78 is 27.1. The first-order chi connectivity index (χ1) is 9.89. The van der Waals surface area contributed by atoms with E-state index in [0.29, 0.717) is 12.2 Å². The van der Waals surface area contributed by atoms with Gasteiger partial charge in [-0.25, -0.2) is 8.42 Å². The van der Waals surface area contributed by atoms with Gasteiger partial charge in [-0.3, -0.25) is 4.31 Å². The van der Waals surface area contributed by atoms with Crippen molar-refractivity contribution in [2.75, 3.05) is 10.8 Å². The third kappa shape index (κ3) is 3.03. The van der Waals surface area contributed by atoms with Crippen molar-refractivity contribution in [3.8, 4) is 0 Å². The molecule has 0 bridgehead atoms. The third-order valence-corrected chi connectivity index (χ3v) is 6.02. The van der Waals surface area contributed by atoms with Crippen LogP contribution in [0.5, 0.6) is 0 Å². The van der Waals surface area contributed by atoms with Crippen molar-refractivity contribution in [1.29, 1.82) is 0 Å². The smallest absolute Gasteiger partial charge is 0.265 e. The largest absolute Gasteiger partial charge is 0.266 e. The zero-order valence-corrected chi connectivity index (χ0v) is 14.0. The molecule has 0 aliphatic carbocycles. The lowest BCUT2D eigenvalue weighted by Crippen LogP contribution is -2.31. The van der Waals surface area contributed by atoms with Gasteiger partial charge in [0.15, 0.2) is 0 Å². The SMILES string of the molecule is CCN(c1ccccc1C)S(=O)(=O)c1cccc(Cl)c1Cl. The molecule has 0 heterocycles. The third-order valence-electron chi connectivity index (χ3n) is 3.16. The van der Waals surface area contributed by atoms with E-state index in [4.69, 9.17) is 23.2 Å². The van der Waals surface area contributed by atoms with Crippen LogP contribution in [-0.2, 0) is 10.0 Å². The van der Waals surface area contributed by atoms with Gasteiger partial charge in [0.2, 0.25) is 0 Å². The molecule has 0 saturated carbocycles. The highest BCUT2D eigenvalue weighted by atomic mass is 35.5. The Labute approximate surface area is 135 Å². The highest BCUT2D eigenvalue weighted by molar-refractivity contribution is 7.93. The Hall–Kier alpha value is -1.23. The minimum absolute atomic E-state index is 0.0155. The van der Waals surface area contributed by atoms with Crippen molar-refractivity contribution >= 4 is 38.9 Å². The topological polar surface area (TPSA) is 37.4 Å². The lowest BCUT2D eigenvalue weighted by Gasteiger charge is -2.25. The first kappa shape index (κ1) is 16.1. The van der Waals surface area contributed by atoms with E-state index in [0.717, 1.165) is 5.56 Å². The normalized spacial score (nSPS) is 11.4. The molecule has 0 unspecified atom stereocenters. The van der Waals surface area contributed by atoms with Gasteiger partial charge in [-0.15, -0.1) is 0 Å². The molecule has 0 saturated heterocycles. The monoisotopic (exact) mass is 343 g/mol. The maximum absolute atomic E-state index is 12.9. The van der Waals surface area contributed by atoms with Gasteiger partial charge < -0.3 is 0 Å². The molecule has 0 radical (unpaired) electrons. The maximum Gasteiger partial charge on any atom is 0.265 e. The minimum Gasteiger partial charge on any atom is -0.266 e. The van der Waals surface area contributed by atoms with Gasteiger partial charge in [-0.2, -0.15) is 0 Å². The Bertz CT molecular complexity index is 760. The molecule has 0 N–H and O–H groups in total. The van der Waals surface area contributed by atoms with Crippen LogP contribution in [0.1, 0.15) is 12.5 Å². The summed E-state index contributed by atoms with van der Waals surface area (Å²) in [5, 5.41) is 0.268. The summed E-state index contributed by atoms with van der Waals surface area (Å²) in [5.41, 5.74) is 1.51. The fourth-order valence-electron chi connectivity index (χ4n) is 2.11. The molecule has 2 aromatic carbocycles. The molecule has 0 amide bonds. The number of anilines is 1. The van der Waals surface area contributed by atoms with Crippen LogP contribution in [0.15, 0.2) is 47.4 Å². The number of benzene rings is 2. The fourth-order valence-corrected chi connectivity index (χ4v) is 4.39. The maximum atomic E-state index is 12.9. The van der Waals surface area contributed by atoms with Crippen LogP contribution in [0.25, 0.3) is 0 Å². The molecule has 0 aliphatic heterocycles. The number of hydrogen-bond acceptors (Lipinski definition) is 2. The summed E-state index contributed by atoms with van der Waals surface area (Å²) in [6.45, 7) is 3.95. The Balaban J connectivity index is 2.61. The van der Waals surface area contributed by atoms with Crippen molar-refractivity contribution in [3.63, 3.8) is 0 Å². The second kappa shape index (κ2) is 6.26. The van der Waals surface area contributed by atoms with E-state index >= 15 is 0 Å². The first-order valence-corrected chi connectivity index (χ1v) is 8.61. The average molecular weight is 344 g/mol. The summed E-state index contributed by atoms with van der Waals surface area (Å²) in [6.07, 6.45) is 0. The van der Waals surface area contributed by atoms with Gasteiger partial charge in [0.25, 0.3) is 10.0 Å². The predicted molar refractivity (Wildman–Crippen MR) is 87.8 cm³/mol. The van der Waals surface area contributed by atoms with Gasteiger partial charge in [0.05, 0.1) is 15.7 Å². The molecule has 112 valence electrons. The summed E-state index contributed by atoms with van der Waals surface area (Å²) in [6, 6.07) is 11.9. The van der Waals surface area contributed by atoms with Gasteiger partial charge >= 0.3 is 0 Å². The molecule has 0 aromatic heterocycles. The number of halogens is 2. The number of rotatable bonds is 4. The standard InChI is InChI=1S/C15H15Cl2NO2S/c1-3-18(13-9-5-4-7-11(13)2)21(19,20)14-10-6-8-12(16)15(14)17/h4-10H,3H2,1-2H3. The molecule has 21 heavy (non-hydrogen) atoms. The van der Waals surface area contributed by atoms with E-state index in [2.05, 4.69) is 0 Å². The van der Waals surface area contributed by atoms with Crippen LogP contribution in [0.3, 0.4) is 0 Å². The molecule has 0 aliphatic rings. The van der Waals surface area contributed by atoms with E-state index < -0.39 is 10.0 Å². The molecule has 0 atom stereocenters. The summed E-state index contributed by atoms with van der Waals surface area (Å²) in [7, 11) is -3.76. The van der Waals surface area contributed by atoms with Gasteiger partial charge in [0, 0.05) is 6.54 Å². The van der Waals surface area contributed by atoms with Gasteiger partial charge in [-0.05, 0) is 37.6 Å². The lowest BCUT2D eigenvalue weighted by molar-refractivity contribution is 0.592. The molecule has 6 heteroatoms. The highest BCUT2D eigenvalue weighted by Gasteiger charge is 2.27. The number of aryl methyl sites for hydroxylation is 1. The summed E-state index contributed by atoms with van der Waals surface area (Å²) in [5.74, 6) is 0. The molecular formula is C15H15Cl2NO2S. The molecule has 0 fully saturated rings. The lowest BCUT2D eigenvalue weighted by atomic mass is 10.2. The van der Waals surface area contributed by atoms with E-state index in [1.165, 1.54) is 10.4 Å². The van der Waals surface area contributed by atoms with Crippen LogP contribution < -0.4 is 4.31 Å². The number of nitrogens with zero attached hydrogens (tertiary/aromatic N) is 1. The molecular weight excluding hydrogens is 329 g/mol. The van der Waals surface area contributed by atoms with Crippen molar-refractivity contribution in [3.05, 3.63) is 58.1 Å². The van der Waals surface area contributed by atoms with Crippen LogP contribution in [0.2, 0.25) is 10.0 Å². The highest BCUT2D eigenvalue weighted by Crippen LogP contribution is 2.33. The van der Waals surface area contributed by atoms with Crippen molar-refractivity contribution in [1.82, 2.24) is 0 Å². The first-order valence-electron chi connectivity index (χ1n) is 6.42. The molecule has 3 nitrogen and oxygen atoms in total. The van der Waals surface area contributed by atoms with Crippen LogP contribution in [-0.4, -0.2) is 15.0 Å². The number of sulfonamides is 1. The Kier molecular flexibility index (Phi) is 4.81. The zero-order valence-electron chi connectivity index (χ0n) is 11.7. The Morgan fingerprint density at radius 2 is 1.71 bits per heavy atom. The van der Waals surface area contributed by atoms with Gasteiger partial charge in [-0.1, -0.05) is 47.5 Å². The number of hydrogen-bond donors (Lipinski definition) is 0. The van der Waals surface area contributed by atoms with E-state index in [-0.39, 0.29) is 14.9 Å². The second-order valence-electron chi connectivity index (χ2n) is 4.51. The Morgan fingerprint density at radius 1 is 1.05 bits per heavy atom. The average Bonchev–Trinajstić information content (AvgIpc) is 2.44. The summed E-state index contributed by atoms with van der Waals surface area (Å²) >= 11 is 12.0. The molecule has 2 rings (SSSR count). The quantitative estimate of drug-likeness (QED) is 0.818. The molecule has 2 aromatic rings. The second-order valence-corrected chi connectivity index (χ2v) is 7.12. The number of para-hydroxylation sites is 1. The predicted octanol–water partition coefficient (Wildman–Crippen LogP) is 4.52. The van der Waals surface area contributed by atoms with Crippen molar-refractivity contribution in [2.45, 2.75) is 18.7 Å². The van der Waals surface area contributed by atoms with Crippen molar-refractivity contribution in [2.24, 2.45) is 0 Å². The van der Waals surface area contributed by atoms with Gasteiger partial charge in [0.1, 0.15) is 4.90 Å². The van der Waals surface area contributed by atoms with E-state index in [1.54, 1.807) is 31.2 Å². The minimum atomic E-state index is -3.76. The van der Waals surface area contributed by atoms with E-state index in [9.17, 15) is 8.42 Å². The zero-order chi connectivity index (χ0) is 15.6. The van der Waals surface area contributed by atoms with E-state index in [1.807, 2.05) is 19.1 Å². The van der Waals surface area contributed by atoms with Crippen LogP contribution >= 0.6 is 23.2 Å². The Morgan fingerprint density at radius 3 is 2.33 bits per heavy atom. The van der Waals surface area contributed by atoms with Crippen molar-refractivity contribution < 1.29 is 8.42 Å². The fraction of sp³-hybridized carbons (Fsp3) is 0.200. The summed E-state index contributed by atoms with van der Waals surface area (Å²) in [4.78, 5) is 0.0155.